The number of carbonyl (C=O) groups excluding carboxylic acids is 2. The molecule has 1 atom stereocenters. The SMILES string of the molecule is CC(C)C#Cc1cc(N(C(=O)C2CCC(C)CC2)C2CCN(C)C2=O)c(C(=O)O)s1. The third kappa shape index (κ3) is 4.70. The van der Waals surface area contributed by atoms with Gasteiger partial charge in [0.15, 0.2) is 0 Å². The van der Waals surface area contributed by atoms with Crippen molar-refractivity contribution in [3.63, 3.8) is 0 Å². The summed E-state index contributed by atoms with van der Waals surface area (Å²) in [5, 5.41) is 9.82. The number of thiophene rings is 1. The molecule has 1 unspecified atom stereocenters. The Morgan fingerprint density at radius 3 is 2.43 bits per heavy atom. The van der Waals surface area contributed by atoms with Crippen LogP contribution in [0.4, 0.5) is 5.69 Å². The van der Waals surface area contributed by atoms with Crippen molar-refractivity contribution in [2.75, 3.05) is 18.5 Å². The van der Waals surface area contributed by atoms with Gasteiger partial charge in [-0.15, -0.1) is 11.3 Å². The number of hydrogen-bond acceptors (Lipinski definition) is 4. The minimum absolute atomic E-state index is 0.0722. The number of aromatic carboxylic acids is 1. The van der Waals surface area contributed by atoms with Crippen LogP contribution in [0.3, 0.4) is 0 Å². The quantitative estimate of drug-likeness (QED) is 0.736. The summed E-state index contributed by atoms with van der Waals surface area (Å²) in [6.45, 7) is 6.68. The molecule has 1 saturated carbocycles. The fourth-order valence-corrected chi connectivity index (χ4v) is 5.03. The molecule has 0 radical (unpaired) electrons. The lowest BCUT2D eigenvalue weighted by molar-refractivity contribution is -0.131. The number of rotatable bonds is 4. The van der Waals surface area contributed by atoms with Crippen LogP contribution in [-0.2, 0) is 9.59 Å². The molecule has 162 valence electrons. The fraction of sp³-hybridized carbons (Fsp3) is 0.609. The number of likely N-dealkylation sites (N-methyl/N-ethyl adjacent to an activating group) is 1. The Balaban J connectivity index is 2.04. The predicted octanol–water partition coefficient (Wildman–Crippen LogP) is 3.84. The minimum atomic E-state index is -1.10. The van der Waals surface area contributed by atoms with Crippen molar-refractivity contribution in [3.8, 4) is 11.8 Å². The molecule has 30 heavy (non-hydrogen) atoms. The molecule has 0 bridgehead atoms. The lowest BCUT2D eigenvalue weighted by atomic mass is 9.82. The van der Waals surface area contributed by atoms with Gasteiger partial charge in [0, 0.05) is 25.4 Å². The van der Waals surface area contributed by atoms with Crippen LogP contribution in [0.15, 0.2) is 6.07 Å². The van der Waals surface area contributed by atoms with Gasteiger partial charge in [0.2, 0.25) is 11.8 Å². The highest BCUT2D eigenvalue weighted by atomic mass is 32.1. The van der Waals surface area contributed by atoms with E-state index in [1.165, 1.54) is 4.90 Å². The van der Waals surface area contributed by atoms with E-state index < -0.39 is 12.0 Å². The van der Waals surface area contributed by atoms with Crippen LogP contribution in [0.1, 0.15) is 67.4 Å². The summed E-state index contributed by atoms with van der Waals surface area (Å²) < 4.78 is 0. The molecule has 0 aromatic carbocycles. The molecule has 1 saturated heterocycles. The van der Waals surface area contributed by atoms with Crippen LogP contribution in [0.2, 0.25) is 0 Å². The number of nitrogens with zero attached hydrogens (tertiary/aromatic N) is 2. The predicted molar refractivity (Wildman–Crippen MR) is 118 cm³/mol. The van der Waals surface area contributed by atoms with Crippen LogP contribution in [-0.4, -0.2) is 47.4 Å². The van der Waals surface area contributed by atoms with Crippen molar-refractivity contribution in [2.45, 2.75) is 58.9 Å². The van der Waals surface area contributed by atoms with Crippen molar-refractivity contribution < 1.29 is 19.5 Å². The number of carbonyl (C=O) groups is 3. The highest BCUT2D eigenvalue weighted by molar-refractivity contribution is 7.15. The number of carboxylic acids is 1. The van der Waals surface area contributed by atoms with E-state index in [0.29, 0.717) is 29.4 Å². The molecule has 1 aliphatic carbocycles. The average Bonchev–Trinajstić information content (AvgIpc) is 3.26. The number of amides is 2. The summed E-state index contributed by atoms with van der Waals surface area (Å²) in [4.78, 5) is 42.2. The van der Waals surface area contributed by atoms with E-state index in [9.17, 15) is 19.5 Å². The van der Waals surface area contributed by atoms with Crippen molar-refractivity contribution in [1.82, 2.24) is 4.90 Å². The Labute approximate surface area is 182 Å². The molecular formula is C23H30N2O4S. The van der Waals surface area contributed by atoms with E-state index >= 15 is 0 Å². The molecule has 3 rings (SSSR count). The van der Waals surface area contributed by atoms with Crippen molar-refractivity contribution in [2.24, 2.45) is 17.8 Å². The van der Waals surface area contributed by atoms with Gasteiger partial charge in [-0.3, -0.25) is 14.5 Å². The van der Waals surface area contributed by atoms with Crippen LogP contribution in [0.5, 0.6) is 0 Å². The first-order valence-electron chi connectivity index (χ1n) is 10.7. The maximum absolute atomic E-state index is 13.6. The first kappa shape index (κ1) is 22.4. The van der Waals surface area contributed by atoms with Gasteiger partial charge in [0.1, 0.15) is 10.9 Å². The largest absolute Gasteiger partial charge is 0.477 e. The Bertz CT molecular complexity index is 887. The summed E-state index contributed by atoms with van der Waals surface area (Å²) in [6.07, 6.45) is 4.01. The average molecular weight is 431 g/mol. The standard InChI is InChI=1S/C23H30N2O4S/c1-14(2)5-10-17-13-19(20(30-17)23(28)29)25(18-11-12-24(4)22(18)27)21(26)16-8-6-15(3)7-9-16/h13-16,18H,6-9,11-12H2,1-4H3,(H,28,29). The zero-order valence-corrected chi connectivity index (χ0v) is 18.9. The van der Waals surface area contributed by atoms with Gasteiger partial charge < -0.3 is 10.0 Å². The topological polar surface area (TPSA) is 77.9 Å². The normalized spacial score (nSPS) is 24.0. The highest BCUT2D eigenvalue weighted by Crippen LogP contribution is 2.37. The molecule has 2 heterocycles. The molecule has 1 N–H and O–H groups in total. The number of anilines is 1. The molecule has 1 aromatic rings. The van der Waals surface area contributed by atoms with E-state index in [1.807, 2.05) is 13.8 Å². The first-order chi connectivity index (χ1) is 14.2. The van der Waals surface area contributed by atoms with Crippen LogP contribution in [0, 0.1) is 29.6 Å². The van der Waals surface area contributed by atoms with Crippen LogP contribution >= 0.6 is 11.3 Å². The summed E-state index contributed by atoms with van der Waals surface area (Å²) in [5.74, 6) is 5.28. The minimum Gasteiger partial charge on any atom is -0.477 e. The summed E-state index contributed by atoms with van der Waals surface area (Å²) in [5.41, 5.74) is 0.317. The second kappa shape index (κ2) is 9.22. The summed E-state index contributed by atoms with van der Waals surface area (Å²) in [7, 11) is 1.72. The maximum Gasteiger partial charge on any atom is 0.348 e. The van der Waals surface area contributed by atoms with Gasteiger partial charge in [-0.25, -0.2) is 4.79 Å². The third-order valence-electron chi connectivity index (χ3n) is 5.96. The van der Waals surface area contributed by atoms with Crippen molar-refractivity contribution in [3.05, 3.63) is 15.8 Å². The Morgan fingerprint density at radius 1 is 1.23 bits per heavy atom. The van der Waals surface area contributed by atoms with Crippen molar-refractivity contribution in [1.29, 1.82) is 0 Å². The second-order valence-electron chi connectivity index (χ2n) is 8.78. The molecule has 0 spiro atoms. The first-order valence-corrected chi connectivity index (χ1v) is 11.5. The molecule has 1 aromatic heterocycles. The molecule has 1 aliphatic heterocycles. The van der Waals surface area contributed by atoms with E-state index in [2.05, 4.69) is 18.8 Å². The van der Waals surface area contributed by atoms with Gasteiger partial charge in [0.05, 0.1) is 10.6 Å². The van der Waals surface area contributed by atoms with Crippen LogP contribution < -0.4 is 4.90 Å². The van der Waals surface area contributed by atoms with Gasteiger partial charge in [-0.1, -0.05) is 32.6 Å². The van der Waals surface area contributed by atoms with E-state index in [1.54, 1.807) is 18.0 Å². The Morgan fingerprint density at radius 2 is 1.90 bits per heavy atom. The molecule has 2 fully saturated rings. The lowest BCUT2D eigenvalue weighted by Gasteiger charge is -2.33. The number of likely N-dealkylation sites (tertiary alicyclic amines) is 1. The highest BCUT2D eigenvalue weighted by Gasteiger charge is 2.42. The molecule has 6 nitrogen and oxygen atoms in total. The summed E-state index contributed by atoms with van der Waals surface area (Å²) >= 11 is 1.07. The molecule has 7 heteroatoms. The zero-order chi connectivity index (χ0) is 22.0. The molecule has 2 aliphatic rings. The maximum atomic E-state index is 13.6. The molecular weight excluding hydrogens is 400 g/mol. The Hall–Kier alpha value is -2.33. The summed E-state index contributed by atoms with van der Waals surface area (Å²) in [6, 6.07) is 1.03. The lowest BCUT2D eigenvalue weighted by Crippen LogP contribution is -2.48. The monoisotopic (exact) mass is 430 g/mol. The Kier molecular flexibility index (Phi) is 6.87. The van der Waals surface area contributed by atoms with E-state index in [-0.39, 0.29) is 28.5 Å². The van der Waals surface area contributed by atoms with Gasteiger partial charge >= 0.3 is 5.97 Å². The molecule has 2 amide bonds. The number of hydrogen-bond donors (Lipinski definition) is 1. The zero-order valence-electron chi connectivity index (χ0n) is 18.1. The number of carboxylic acid groups (broad SMARTS) is 1. The van der Waals surface area contributed by atoms with Crippen LogP contribution in [0.25, 0.3) is 0 Å². The third-order valence-corrected chi connectivity index (χ3v) is 6.99. The van der Waals surface area contributed by atoms with Crippen molar-refractivity contribution >= 4 is 34.8 Å². The van der Waals surface area contributed by atoms with Gasteiger partial charge in [-0.05, 0) is 44.1 Å². The van der Waals surface area contributed by atoms with E-state index in [0.717, 1.165) is 37.0 Å². The smallest absolute Gasteiger partial charge is 0.348 e. The fourth-order valence-electron chi connectivity index (χ4n) is 4.18. The van der Waals surface area contributed by atoms with E-state index in [4.69, 9.17) is 0 Å². The van der Waals surface area contributed by atoms with Gasteiger partial charge in [0.25, 0.3) is 0 Å². The van der Waals surface area contributed by atoms with Gasteiger partial charge in [-0.2, -0.15) is 0 Å². The second-order valence-corrected chi connectivity index (χ2v) is 9.84.